The van der Waals surface area contributed by atoms with Crippen LogP contribution in [0.15, 0.2) is 29.3 Å². The van der Waals surface area contributed by atoms with E-state index in [9.17, 15) is 9.59 Å². The van der Waals surface area contributed by atoms with Crippen LogP contribution in [0.3, 0.4) is 0 Å². The quantitative estimate of drug-likeness (QED) is 0.432. The minimum absolute atomic E-state index is 0.0347. The third-order valence-electron chi connectivity index (χ3n) is 4.43. The molecule has 2 heterocycles. The summed E-state index contributed by atoms with van der Waals surface area (Å²) in [7, 11) is 1.51. The highest BCUT2D eigenvalue weighted by molar-refractivity contribution is 7.80. The first kappa shape index (κ1) is 19.4. The van der Waals surface area contributed by atoms with Gasteiger partial charge >= 0.3 is 0 Å². The Morgan fingerprint density at radius 3 is 2.81 bits per heavy atom. The Labute approximate surface area is 163 Å². The SMILES string of the molecule is COc1ccccc1N1C(=O)[C@H](C=NCCN2CCOCC2)C(=O)NC1=S. The molecule has 1 atom stereocenters. The molecule has 0 aromatic heterocycles. The zero-order valence-electron chi connectivity index (χ0n) is 15.1. The van der Waals surface area contributed by atoms with Gasteiger partial charge in [0.05, 0.1) is 32.6 Å². The van der Waals surface area contributed by atoms with Crippen LogP contribution in [0, 0.1) is 5.92 Å². The third-order valence-corrected chi connectivity index (χ3v) is 4.72. The molecule has 9 heteroatoms. The Morgan fingerprint density at radius 1 is 1.33 bits per heavy atom. The number of para-hydroxylation sites is 2. The summed E-state index contributed by atoms with van der Waals surface area (Å²) in [6.07, 6.45) is 1.41. The molecule has 2 aliphatic heterocycles. The van der Waals surface area contributed by atoms with E-state index in [0.717, 1.165) is 32.8 Å². The molecule has 0 saturated carbocycles. The maximum atomic E-state index is 12.9. The monoisotopic (exact) mass is 390 g/mol. The minimum atomic E-state index is -1.02. The van der Waals surface area contributed by atoms with Crippen LogP contribution in [0.5, 0.6) is 5.75 Å². The molecule has 8 nitrogen and oxygen atoms in total. The Balaban J connectivity index is 1.69. The second-order valence-corrected chi connectivity index (χ2v) is 6.51. The highest BCUT2D eigenvalue weighted by Crippen LogP contribution is 2.30. The fourth-order valence-corrected chi connectivity index (χ4v) is 3.26. The topological polar surface area (TPSA) is 83.5 Å². The fourth-order valence-electron chi connectivity index (χ4n) is 2.97. The number of carbonyl (C=O) groups excluding carboxylic acids is 2. The maximum Gasteiger partial charge on any atom is 0.251 e. The van der Waals surface area contributed by atoms with E-state index in [4.69, 9.17) is 21.7 Å². The van der Waals surface area contributed by atoms with Gasteiger partial charge < -0.3 is 14.8 Å². The lowest BCUT2D eigenvalue weighted by Gasteiger charge is -2.31. The molecule has 1 N–H and O–H groups in total. The van der Waals surface area contributed by atoms with Crippen molar-refractivity contribution < 1.29 is 19.1 Å². The highest BCUT2D eigenvalue weighted by atomic mass is 32.1. The van der Waals surface area contributed by atoms with Crippen molar-refractivity contribution in [1.29, 1.82) is 0 Å². The average molecular weight is 390 g/mol. The van der Waals surface area contributed by atoms with Crippen LogP contribution in [-0.4, -0.2) is 74.5 Å². The van der Waals surface area contributed by atoms with Crippen LogP contribution in [0.1, 0.15) is 0 Å². The normalized spacial score (nSPS) is 21.6. The van der Waals surface area contributed by atoms with Crippen LogP contribution in [0.2, 0.25) is 0 Å². The zero-order chi connectivity index (χ0) is 19.2. The second kappa shape index (κ2) is 9.03. The van der Waals surface area contributed by atoms with Gasteiger partial charge in [0.25, 0.3) is 5.91 Å². The summed E-state index contributed by atoms with van der Waals surface area (Å²) in [6.45, 7) is 4.45. The summed E-state index contributed by atoms with van der Waals surface area (Å²) >= 11 is 5.20. The summed E-state index contributed by atoms with van der Waals surface area (Å²) in [6, 6.07) is 7.01. The van der Waals surface area contributed by atoms with Crippen molar-refractivity contribution in [2.24, 2.45) is 10.9 Å². The minimum Gasteiger partial charge on any atom is -0.495 e. The van der Waals surface area contributed by atoms with Crippen molar-refractivity contribution >= 4 is 41.0 Å². The van der Waals surface area contributed by atoms with E-state index in [1.54, 1.807) is 24.3 Å². The molecule has 0 bridgehead atoms. The molecule has 0 spiro atoms. The van der Waals surface area contributed by atoms with E-state index in [-0.39, 0.29) is 5.11 Å². The molecular weight excluding hydrogens is 368 g/mol. The van der Waals surface area contributed by atoms with Crippen molar-refractivity contribution in [3.05, 3.63) is 24.3 Å². The average Bonchev–Trinajstić information content (AvgIpc) is 2.68. The van der Waals surface area contributed by atoms with E-state index in [2.05, 4.69) is 15.2 Å². The Morgan fingerprint density at radius 2 is 2.07 bits per heavy atom. The van der Waals surface area contributed by atoms with Crippen LogP contribution < -0.4 is 15.0 Å². The van der Waals surface area contributed by atoms with E-state index in [1.165, 1.54) is 18.2 Å². The molecule has 144 valence electrons. The molecular formula is C18H22N4O4S. The Hall–Kier alpha value is -2.36. The number of carbonyl (C=O) groups is 2. The maximum absolute atomic E-state index is 12.9. The van der Waals surface area contributed by atoms with Crippen molar-refractivity contribution in [1.82, 2.24) is 10.2 Å². The number of amides is 2. The van der Waals surface area contributed by atoms with E-state index >= 15 is 0 Å². The predicted octanol–water partition coefficient (Wildman–Crippen LogP) is 0.462. The number of methoxy groups -OCH3 is 1. The highest BCUT2D eigenvalue weighted by Gasteiger charge is 2.39. The number of ether oxygens (including phenoxy) is 2. The van der Waals surface area contributed by atoms with Crippen LogP contribution in [0.25, 0.3) is 0 Å². The van der Waals surface area contributed by atoms with Crippen LogP contribution in [0.4, 0.5) is 5.69 Å². The first-order valence-corrected chi connectivity index (χ1v) is 9.14. The number of thiocarbonyl (C=S) groups is 1. The van der Waals surface area contributed by atoms with Crippen molar-refractivity contribution in [2.45, 2.75) is 0 Å². The molecule has 2 fully saturated rings. The lowest BCUT2D eigenvalue weighted by molar-refractivity contribution is -0.130. The van der Waals surface area contributed by atoms with Gasteiger partial charge in [-0.05, 0) is 24.4 Å². The summed E-state index contributed by atoms with van der Waals surface area (Å²) in [4.78, 5) is 33.0. The fraction of sp³-hybridized carbons (Fsp3) is 0.444. The summed E-state index contributed by atoms with van der Waals surface area (Å²) < 4.78 is 10.6. The lowest BCUT2D eigenvalue weighted by Crippen LogP contribution is -2.58. The number of morpholine rings is 1. The summed E-state index contributed by atoms with van der Waals surface area (Å²) in [5, 5.41) is 2.61. The van der Waals surface area contributed by atoms with Gasteiger partial charge in [0.2, 0.25) is 5.91 Å². The molecule has 3 rings (SSSR count). The van der Waals surface area contributed by atoms with Gasteiger partial charge in [0.1, 0.15) is 5.75 Å². The van der Waals surface area contributed by atoms with E-state index < -0.39 is 17.7 Å². The van der Waals surface area contributed by atoms with Crippen LogP contribution >= 0.6 is 12.2 Å². The van der Waals surface area contributed by atoms with Crippen molar-refractivity contribution in [3.63, 3.8) is 0 Å². The zero-order valence-corrected chi connectivity index (χ0v) is 15.9. The molecule has 0 unspecified atom stereocenters. The third kappa shape index (κ3) is 4.49. The van der Waals surface area contributed by atoms with Gasteiger partial charge in [-0.1, -0.05) is 12.1 Å². The van der Waals surface area contributed by atoms with Crippen LogP contribution in [-0.2, 0) is 14.3 Å². The molecule has 1 aromatic carbocycles. The van der Waals surface area contributed by atoms with Gasteiger partial charge in [-0.3, -0.25) is 24.4 Å². The van der Waals surface area contributed by atoms with Gasteiger partial charge in [-0.2, -0.15) is 0 Å². The molecule has 0 radical (unpaired) electrons. The number of hydrogen-bond acceptors (Lipinski definition) is 7. The number of rotatable bonds is 6. The molecule has 2 amide bonds. The Bertz CT molecular complexity index is 749. The van der Waals surface area contributed by atoms with Gasteiger partial charge in [-0.25, -0.2) is 0 Å². The number of nitrogens with zero attached hydrogens (tertiary/aromatic N) is 3. The smallest absolute Gasteiger partial charge is 0.251 e. The molecule has 27 heavy (non-hydrogen) atoms. The standard InChI is InChI=1S/C18H22N4O4S/c1-25-15-5-3-2-4-14(15)22-17(24)13(16(23)20-18(22)27)12-19-6-7-21-8-10-26-11-9-21/h2-5,12-13H,6-11H2,1H3,(H,20,23,27)/t13-/m1/s1. The van der Waals surface area contributed by atoms with E-state index in [1.807, 2.05) is 0 Å². The first-order chi connectivity index (χ1) is 13.1. The van der Waals surface area contributed by atoms with Gasteiger partial charge in [0.15, 0.2) is 11.0 Å². The second-order valence-electron chi connectivity index (χ2n) is 6.13. The van der Waals surface area contributed by atoms with Gasteiger partial charge in [-0.15, -0.1) is 0 Å². The largest absolute Gasteiger partial charge is 0.495 e. The number of nitrogens with one attached hydrogen (secondary N) is 1. The summed E-state index contributed by atoms with van der Waals surface area (Å²) in [5.41, 5.74) is 0.488. The number of aliphatic imine (C=N–C) groups is 1. The Kier molecular flexibility index (Phi) is 6.49. The number of anilines is 1. The summed E-state index contributed by atoms with van der Waals surface area (Å²) in [5.74, 6) is -1.44. The van der Waals surface area contributed by atoms with Crippen molar-refractivity contribution in [2.75, 3.05) is 51.4 Å². The molecule has 2 saturated heterocycles. The van der Waals surface area contributed by atoms with Gasteiger partial charge in [0, 0.05) is 25.8 Å². The number of benzene rings is 1. The molecule has 0 aliphatic carbocycles. The van der Waals surface area contributed by atoms with E-state index in [0.29, 0.717) is 18.0 Å². The first-order valence-electron chi connectivity index (χ1n) is 8.73. The number of hydrogen-bond donors (Lipinski definition) is 1. The molecule has 2 aliphatic rings. The molecule has 1 aromatic rings. The predicted molar refractivity (Wildman–Crippen MR) is 105 cm³/mol. The van der Waals surface area contributed by atoms with Crippen molar-refractivity contribution in [3.8, 4) is 5.75 Å². The lowest BCUT2D eigenvalue weighted by atomic mass is 10.1.